The Bertz CT molecular complexity index is 1450. The van der Waals surface area contributed by atoms with Gasteiger partial charge in [0.05, 0.1) is 24.7 Å². The van der Waals surface area contributed by atoms with Gasteiger partial charge in [-0.2, -0.15) is 0 Å². The van der Waals surface area contributed by atoms with E-state index in [1.165, 1.54) is 6.42 Å². The number of carbonyl (C=O) groups is 1. The highest BCUT2D eigenvalue weighted by molar-refractivity contribution is 6.05. The minimum absolute atomic E-state index is 0.0103. The summed E-state index contributed by atoms with van der Waals surface area (Å²) in [4.78, 5) is 16.7. The SMILES string of the molecule is C[C@@H]1CCN(CCOc2ccc(C3Oc4cc(OC5CCCCO5)ccc4C(=O)C3c3ccc(OC4CCCCO4)cc3)cc2)C1. The summed E-state index contributed by atoms with van der Waals surface area (Å²) in [6.07, 6.45) is 6.23. The molecule has 244 valence electrons. The summed E-state index contributed by atoms with van der Waals surface area (Å²) in [7, 11) is 0. The molecule has 4 unspecified atom stereocenters. The molecule has 4 aliphatic heterocycles. The first kappa shape index (κ1) is 31.0. The van der Waals surface area contributed by atoms with Crippen molar-refractivity contribution in [2.24, 2.45) is 5.92 Å². The highest BCUT2D eigenvalue weighted by atomic mass is 16.7. The zero-order chi connectivity index (χ0) is 31.3. The van der Waals surface area contributed by atoms with Crippen LogP contribution in [0.4, 0.5) is 0 Å². The van der Waals surface area contributed by atoms with Gasteiger partial charge in [0.1, 0.15) is 35.7 Å². The largest absolute Gasteiger partial charge is 0.492 e. The number of carbonyl (C=O) groups excluding carboxylic acids is 1. The van der Waals surface area contributed by atoms with E-state index in [0.29, 0.717) is 30.3 Å². The van der Waals surface area contributed by atoms with Gasteiger partial charge in [-0.05, 0) is 92.1 Å². The molecule has 0 spiro atoms. The van der Waals surface area contributed by atoms with Crippen LogP contribution in [0.1, 0.15) is 85.4 Å². The molecule has 0 saturated carbocycles. The maximum atomic E-state index is 14.2. The lowest BCUT2D eigenvalue weighted by atomic mass is 9.81. The van der Waals surface area contributed by atoms with Crippen LogP contribution in [0.3, 0.4) is 0 Å². The Morgan fingerprint density at radius 1 is 0.761 bits per heavy atom. The van der Waals surface area contributed by atoms with Crippen LogP contribution < -0.4 is 18.9 Å². The predicted octanol–water partition coefficient (Wildman–Crippen LogP) is 7.32. The average molecular weight is 628 g/mol. The van der Waals surface area contributed by atoms with Crippen LogP contribution in [0.5, 0.6) is 23.0 Å². The number of hydrogen-bond donors (Lipinski definition) is 0. The van der Waals surface area contributed by atoms with Gasteiger partial charge in [0.25, 0.3) is 0 Å². The molecule has 3 aromatic rings. The van der Waals surface area contributed by atoms with Crippen LogP contribution in [0.2, 0.25) is 0 Å². The smallest absolute Gasteiger partial charge is 0.199 e. The van der Waals surface area contributed by atoms with E-state index in [-0.39, 0.29) is 18.4 Å². The molecule has 0 aliphatic carbocycles. The number of nitrogens with zero attached hydrogens (tertiary/aromatic N) is 1. The molecule has 0 radical (unpaired) electrons. The average Bonchev–Trinajstić information content (AvgIpc) is 3.51. The standard InChI is InChI=1S/C38H45NO7/c1-26-18-19-39(25-26)20-23-41-29-12-10-28(11-13-29)38-36(27-8-14-30(15-9-27)44-34-6-2-4-21-42-34)37(40)32-17-16-31(24-33(32)46-38)45-35-7-3-5-22-43-35/h8-17,24,26,34-36,38H,2-7,18-23,25H2,1H3/t26-,34?,35?,36?,38?/m1/s1. The Labute approximate surface area is 271 Å². The Morgan fingerprint density at radius 3 is 2.07 bits per heavy atom. The van der Waals surface area contributed by atoms with Crippen molar-refractivity contribution in [2.75, 3.05) is 39.5 Å². The lowest BCUT2D eigenvalue weighted by Gasteiger charge is -2.34. The van der Waals surface area contributed by atoms with E-state index >= 15 is 0 Å². The number of benzene rings is 3. The van der Waals surface area contributed by atoms with Gasteiger partial charge >= 0.3 is 0 Å². The first-order chi connectivity index (χ1) is 22.6. The second-order valence-corrected chi connectivity index (χ2v) is 13.0. The van der Waals surface area contributed by atoms with E-state index in [2.05, 4.69) is 11.8 Å². The van der Waals surface area contributed by atoms with Crippen molar-refractivity contribution < 1.29 is 33.2 Å². The molecule has 4 heterocycles. The Hall–Kier alpha value is -3.59. The molecular formula is C38H45NO7. The van der Waals surface area contributed by atoms with E-state index < -0.39 is 12.0 Å². The van der Waals surface area contributed by atoms with Crippen molar-refractivity contribution in [1.29, 1.82) is 0 Å². The van der Waals surface area contributed by atoms with E-state index in [4.69, 9.17) is 28.4 Å². The van der Waals surface area contributed by atoms with Gasteiger partial charge in [0.15, 0.2) is 18.4 Å². The lowest BCUT2D eigenvalue weighted by Crippen LogP contribution is -2.30. The van der Waals surface area contributed by atoms with Gasteiger partial charge in [0, 0.05) is 32.0 Å². The molecule has 3 fully saturated rings. The fourth-order valence-electron chi connectivity index (χ4n) is 6.91. The van der Waals surface area contributed by atoms with Crippen LogP contribution in [-0.4, -0.2) is 62.7 Å². The molecule has 0 bridgehead atoms. The zero-order valence-electron chi connectivity index (χ0n) is 26.7. The quantitative estimate of drug-likeness (QED) is 0.232. The Morgan fingerprint density at radius 2 is 1.41 bits per heavy atom. The van der Waals surface area contributed by atoms with Crippen molar-refractivity contribution in [3.05, 3.63) is 83.4 Å². The van der Waals surface area contributed by atoms with Gasteiger partial charge in [-0.1, -0.05) is 31.2 Å². The molecule has 46 heavy (non-hydrogen) atoms. The molecule has 8 heteroatoms. The second kappa shape index (κ2) is 14.4. The second-order valence-electron chi connectivity index (χ2n) is 13.0. The van der Waals surface area contributed by atoms with E-state index in [9.17, 15) is 4.79 Å². The number of Topliss-reactive ketones (excluding diaryl/α,β-unsaturated/α-hetero) is 1. The molecule has 7 rings (SSSR count). The predicted molar refractivity (Wildman–Crippen MR) is 174 cm³/mol. The third-order valence-electron chi connectivity index (χ3n) is 9.50. The number of rotatable bonds is 10. The molecule has 4 aliphatic rings. The molecular weight excluding hydrogens is 582 g/mol. The zero-order valence-corrected chi connectivity index (χ0v) is 26.7. The topological polar surface area (TPSA) is 75.7 Å². The molecule has 0 aromatic heterocycles. The Balaban J connectivity index is 1.11. The molecule has 0 amide bonds. The summed E-state index contributed by atoms with van der Waals surface area (Å²) in [5.41, 5.74) is 2.32. The molecule has 3 aromatic carbocycles. The Kier molecular flexibility index (Phi) is 9.75. The minimum atomic E-state index is -0.537. The first-order valence-electron chi connectivity index (χ1n) is 17.1. The van der Waals surface area contributed by atoms with Crippen molar-refractivity contribution in [3.63, 3.8) is 0 Å². The van der Waals surface area contributed by atoms with Crippen LogP contribution in [0, 0.1) is 5.92 Å². The van der Waals surface area contributed by atoms with Crippen LogP contribution in [0.15, 0.2) is 66.7 Å². The minimum Gasteiger partial charge on any atom is -0.492 e. The fraction of sp³-hybridized carbons (Fsp3) is 0.500. The van der Waals surface area contributed by atoms with Crippen molar-refractivity contribution in [2.45, 2.75) is 76.5 Å². The number of hydrogen-bond acceptors (Lipinski definition) is 8. The first-order valence-corrected chi connectivity index (χ1v) is 17.1. The van der Waals surface area contributed by atoms with Gasteiger partial charge in [-0.3, -0.25) is 9.69 Å². The van der Waals surface area contributed by atoms with Crippen molar-refractivity contribution in [1.82, 2.24) is 4.90 Å². The van der Waals surface area contributed by atoms with Gasteiger partial charge in [-0.25, -0.2) is 0 Å². The summed E-state index contributed by atoms with van der Waals surface area (Å²) < 4.78 is 36.5. The van der Waals surface area contributed by atoms with Gasteiger partial charge in [0.2, 0.25) is 0 Å². The lowest BCUT2D eigenvalue weighted by molar-refractivity contribution is -0.106. The van der Waals surface area contributed by atoms with Gasteiger partial charge in [-0.15, -0.1) is 0 Å². The summed E-state index contributed by atoms with van der Waals surface area (Å²) in [5.74, 6) is 2.93. The molecule has 5 atom stereocenters. The van der Waals surface area contributed by atoms with Crippen LogP contribution in [-0.2, 0) is 9.47 Å². The highest BCUT2D eigenvalue weighted by Gasteiger charge is 2.40. The molecule has 8 nitrogen and oxygen atoms in total. The van der Waals surface area contributed by atoms with Gasteiger partial charge < -0.3 is 28.4 Å². The van der Waals surface area contributed by atoms with Crippen LogP contribution >= 0.6 is 0 Å². The van der Waals surface area contributed by atoms with E-state index in [1.54, 1.807) is 0 Å². The summed E-state index contributed by atoms with van der Waals surface area (Å²) in [6.45, 7) is 7.57. The number of fused-ring (bicyclic) bond motifs is 1. The third kappa shape index (κ3) is 7.35. The van der Waals surface area contributed by atoms with Crippen LogP contribution in [0.25, 0.3) is 0 Å². The maximum Gasteiger partial charge on any atom is 0.199 e. The highest BCUT2D eigenvalue weighted by Crippen LogP contribution is 2.45. The molecule has 3 saturated heterocycles. The van der Waals surface area contributed by atoms with E-state index in [1.807, 2.05) is 66.7 Å². The fourth-order valence-corrected chi connectivity index (χ4v) is 6.91. The number of ketones is 1. The summed E-state index contributed by atoms with van der Waals surface area (Å²) in [6, 6.07) is 21.2. The maximum absolute atomic E-state index is 14.2. The normalized spacial score (nSPS) is 26.6. The third-order valence-corrected chi connectivity index (χ3v) is 9.50. The number of likely N-dealkylation sites (tertiary alicyclic amines) is 1. The molecule has 0 N–H and O–H groups in total. The summed E-state index contributed by atoms with van der Waals surface area (Å²) >= 11 is 0. The monoisotopic (exact) mass is 627 g/mol. The van der Waals surface area contributed by atoms with Crippen molar-refractivity contribution in [3.8, 4) is 23.0 Å². The van der Waals surface area contributed by atoms with Crippen molar-refractivity contribution >= 4 is 5.78 Å². The summed E-state index contributed by atoms with van der Waals surface area (Å²) in [5, 5.41) is 0. The number of ether oxygens (including phenoxy) is 6. The van der Waals surface area contributed by atoms with E-state index in [0.717, 1.165) is 93.3 Å².